The van der Waals surface area contributed by atoms with Crippen molar-refractivity contribution in [3.63, 3.8) is 0 Å². The quantitative estimate of drug-likeness (QED) is 0.584. The molecule has 0 atom stereocenters. The molecular formula is C12H23. The van der Waals surface area contributed by atoms with Crippen LogP contribution in [0.3, 0.4) is 0 Å². The van der Waals surface area contributed by atoms with Crippen LogP contribution in [0.5, 0.6) is 0 Å². The number of rotatable bonds is 4. The van der Waals surface area contributed by atoms with Crippen LogP contribution in [0.15, 0.2) is 0 Å². The molecule has 0 aromatic heterocycles. The molecule has 12 heavy (non-hydrogen) atoms. The summed E-state index contributed by atoms with van der Waals surface area (Å²) in [6, 6.07) is 0. The van der Waals surface area contributed by atoms with Crippen LogP contribution >= 0.6 is 0 Å². The zero-order chi connectivity index (χ0) is 8.81. The Morgan fingerprint density at radius 1 is 1.08 bits per heavy atom. The minimum Gasteiger partial charge on any atom is -0.0594 e. The molecule has 1 fully saturated rings. The second-order valence-electron chi connectivity index (χ2n) is 4.60. The zero-order valence-corrected chi connectivity index (χ0v) is 8.73. The summed E-state index contributed by atoms with van der Waals surface area (Å²) in [6.07, 6.45) is 11.8. The van der Waals surface area contributed by atoms with Gasteiger partial charge in [0, 0.05) is 0 Å². The van der Waals surface area contributed by atoms with Gasteiger partial charge in [-0.2, -0.15) is 0 Å². The van der Waals surface area contributed by atoms with E-state index in [1.54, 1.807) is 5.92 Å². The summed E-state index contributed by atoms with van der Waals surface area (Å²) in [5, 5.41) is 0. The lowest BCUT2D eigenvalue weighted by molar-refractivity contribution is 0.331. The minimum atomic E-state index is 1.08. The van der Waals surface area contributed by atoms with E-state index in [4.69, 9.17) is 0 Å². The van der Waals surface area contributed by atoms with Crippen molar-refractivity contribution in [3.05, 3.63) is 5.92 Å². The second kappa shape index (κ2) is 5.61. The molecule has 0 N–H and O–H groups in total. The van der Waals surface area contributed by atoms with Crippen LogP contribution in [-0.4, -0.2) is 0 Å². The van der Waals surface area contributed by atoms with E-state index >= 15 is 0 Å². The van der Waals surface area contributed by atoms with E-state index in [1.165, 1.54) is 51.4 Å². The first-order chi connectivity index (χ1) is 5.79. The van der Waals surface area contributed by atoms with Crippen molar-refractivity contribution in [2.45, 2.75) is 65.2 Å². The molecule has 0 aromatic carbocycles. The molecule has 1 saturated carbocycles. The highest BCUT2D eigenvalue weighted by Gasteiger charge is 2.12. The highest BCUT2D eigenvalue weighted by atomic mass is 14.2. The fourth-order valence-electron chi connectivity index (χ4n) is 2.22. The van der Waals surface area contributed by atoms with Crippen LogP contribution in [0.4, 0.5) is 0 Å². The molecule has 0 saturated heterocycles. The molecule has 1 aliphatic carbocycles. The molecule has 0 heteroatoms. The molecular weight excluding hydrogens is 144 g/mol. The van der Waals surface area contributed by atoms with Gasteiger partial charge in [-0.1, -0.05) is 58.8 Å². The van der Waals surface area contributed by atoms with Crippen molar-refractivity contribution < 1.29 is 0 Å². The minimum absolute atomic E-state index is 1.08. The molecule has 71 valence electrons. The van der Waals surface area contributed by atoms with Crippen molar-refractivity contribution in [3.8, 4) is 0 Å². The zero-order valence-electron chi connectivity index (χ0n) is 8.73. The van der Waals surface area contributed by atoms with Crippen molar-refractivity contribution in [1.29, 1.82) is 0 Å². The van der Waals surface area contributed by atoms with E-state index in [-0.39, 0.29) is 0 Å². The summed E-state index contributed by atoms with van der Waals surface area (Å²) in [4.78, 5) is 0. The third-order valence-electron chi connectivity index (χ3n) is 3.01. The van der Waals surface area contributed by atoms with Gasteiger partial charge in [0.15, 0.2) is 0 Å². The summed E-state index contributed by atoms with van der Waals surface area (Å²) in [6.45, 7) is 4.50. The molecule has 0 heterocycles. The Labute approximate surface area is 77.7 Å². The molecule has 0 aromatic rings. The maximum atomic E-state index is 2.25. The van der Waals surface area contributed by atoms with Crippen LogP contribution < -0.4 is 0 Å². The molecule has 0 nitrogen and oxygen atoms in total. The largest absolute Gasteiger partial charge is 0.0594 e. The molecule has 1 aliphatic rings. The Morgan fingerprint density at radius 3 is 2.33 bits per heavy atom. The fourth-order valence-corrected chi connectivity index (χ4v) is 2.22. The molecule has 0 unspecified atom stereocenters. The summed E-state index contributed by atoms with van der Waals surface area (Å²) < 4.78 is 0. The van der Waals surface area contributed by atoms with Crippen LogP contribution in [0.25, 0.3) is 0 Å². The third kappa shape index (κ3) is 4.13. The van der Waals surface area contributed by atoms with Crippen molar-refractivity contribution >= 4 is 0 Å². The van der Waals surface area contributed by atoms with Gasteiger partial charge in [0.25, 0.3) is 0 Å². The van der Waals surface area contributed by atoms with Crippen LogP contribution in [0.2, 0.25) is 0 Å². The first-order valence-electron chi connectivity index (χ1n) is 5.58. The molecule has 0 aliphatic heterocycles. The highest BCUT2D eigenvalue weighted by Crippen LogP contribution is 2.28. The van der Waals surface area contributed by atoms with Gasteiger partial charge in [-0.05, 0) is 18.3 Å². The van der Waals surface area contributed by atoms with E-state index in [9.17, 15) is 0 Å². The second-order valence-corrected chi connectivity index (χ2v) is 4.60. The van der Waals surface area contributed by atoms with Gasteiger partial charge in [0.05, 0.1) is 0 Å². The topological polar surface area (TPSA) is 0 Å². The Balaban J connectivity index is 1.98. The van der Waals surface area contributed by atoms with E-state index in [0.29, 0.717) is 0 Å². The standard InChI is InChI=1S/C12H23/c1-11(2)7-6-10-12-8-4-3-5-9-12/h12H,3-10H2,1-2H3. The monoisotopic (exact) mass is 167 g/mol. The Bertz CT molecular complexity index is 98.6. The predicted octanol–water partition coefficient (Wildman–Crippen LogP) is 4.35. The maximum absolute atomic E-state index is 2.25. The predicted molar refractivity (Wildman–Crippen MR) is 55.0 cm³/mol. The van der Waals surface area contributed by atoms with E-state index in [2.05, 4.69) is 13.8 Å². The highest BCUT2D eigenvalue weighted by molar-refractivity contribution is 4.77. The van der Waals surface area contributed by atoms with Gasteiger partial charge < -0.3 is 0 Å². The van der Waals surface area contributed by atoms with Crippen molar-refractivity contribution in [2.75, 3.05) is 0 Å². The van der Waals surface area contributed by atoms with Gasteiger partial charge in [-0.3, -0.25) is 0 Å². The lowest BCUT2D eigenvalue weighted by Crippen LogP contribution is -2.06. The molecule has 0 amide bonds. The lowest BCUT2D eigenvalue weighted by Gasteiger charge is -2.21. The van der Waals surface area contributed by atoms with Gasteiger partial charge in [-0.15, -0.1) is 0 Å². The fraction of sp³-hybridized carbons (Fsp3) is 0.917. The summed E-state index contributed by atoms with van der Waals surface area (Å²) in [5.41, 5.74) is 0. The van der Waals surface area contributed by atoms with Gasteiger partial charge in [0.1, 0.15) is 0 Å². The third-order valence-corrected chi connectivity index (χ3v) is 3.01. The number of hydrogen-bond acceptors (Lipinski definition) is 0. The maximum Gasteiger partial charge on any atom is -0.0303 e. The molecule has 0 bridgehead atoms. The Hall–Kier alpha value is 0. The SMILES string of the molecule is C[C](C)CCCC1CCCCC1. The van der Waals surface area contributed by atoms with Crippen LogP contribution in [0.1, 0.15) is 65.2 Å². The van der Waals surface area contributed by atoms with Gasteiger partial charge >= 0.3 is 0 Å². The average Bonchev–Trinajstić information content (AvgIpc) is 2.05. The van der Waals surface area contributed by atoms with Gasteiger partial charge in [0.2, 0.25) is 0 Å². The van der Waals surface area contributed by atoms with E-state index in [0.717, 1.165) is 5.92 Å². The van der Waals surface area contributed by atoms with Crippen LogP contribution in [-0.2, 0) is 0 Å². The van der Waals surface area contributed by atoms with Crippen molar-refractivity contribution in [2.24, 2.45) is 5.92 Å². The first-order valence-corrected chi connectivity index (χ1v) is 5.58. The smallest absolute Gasteiger partial charge is 0.0303 e. The van der Waals surface area contributed by atoms with E-state index in [1.807, 2.05) is 0 Å². The van der Waals surface area contributed by atoms with Crippen LogP contribution in [0, 0.1) is 11.8 Å². The average molecular weight is 167 g/mol. The first kappa shape index (κ1) is 10.1. The van der Waals surface area contributed by atoms with Gasteiger partial charge in [-0.25, -0.2) is 0 Å². The summed E-state index contributed by atoms with van der Waals surface area (Å²) in [7, 11) is 0. The normalized spacial score (nSPS) is 20.2. The molecule has 1 radical (unpaired) electrons. The lowest BCUT2D eigenvalue weighted by atomic mass is 9.85. The molecule has 1 rings (SSSR count). The van der Waals surface area contributed by atoms with Crippen molar-refractivity contribution in [1.82, 2.24) is 0 Å². The number of hydrogen-bond donors (Lipinski definition) is 0. The summed E-state index contributed by atoms with van der Waals surface area (Å²) >= 11 is 0. The molecule has 0 spiro atoms. The van der Waals surface area contributed by atoms with E-state index < -0.39 is 0 Å². The Kier molecular flexibility index (Phi) is 4.72. The Morgan fingerprint density at radius 2 is 1.75 bits per heavy atom. The summed E-state index contributed by atoms with van der Waals surface area (Å²) in [5.74, 6) is 2.68.